The zero-order chi connectivity index (χ0) is 28.3. The standard InChI is InChI=1S/C28H35N5O5S/c1-30(2)26(34)19-32-13-6-14-33(16-15-32)27-23-17-20(28(35)31(3)4)7-12-24(23)29-18-25(27)39(36,37)22-10-8-21(38-5)9-11-22/h7-12,17-18H,6,13-16,19H2,1-5H3. The van der Waals surface area contributed by atoms with Crippen LogP contribution in [0, 0.1) is 0 Å². The van der Waals surface area contributed by atoms with Crippen molar-refractivity contribution in [2.45, 2.75) is 16.2 Å². The highest BCUT2D eigenvalue weighted by molar-refractivity contribution is 7.91. The fraction of sp³-hybridized carbons (Fsp3) is 0.393. The van der Waals surface area contributed by atoms with Crippen molar-refractivity contribution < 1.29 is 22.7 Å². The summed E-state index contributed by atoms with van der Waals surface area (Å²) in [5.41, 5.74) is 1.56. The molecule has 1 fully saturated rings. The van der Waals surface area contributed by atoms with E-state index in [1.807, 2.05) is 4.90 Å². The molecule has 4 rings (SSSR count). The monoisotopic (exact) mass is 553 g/mol. The Bertz CT molecular complexity index is 1470. The Kier molecular flexibility index (Phi) is 8.41. The Hall–Kier alpha value is -3.70. The fourth-order valence-electron chi connectivity index (χ4n) is 4.64. The second kappa shape index (κ2) is 11.6. The van der Waals surface area contributed by atoms with Crippen molar-refractivity contribution in [2.24, 2.45) is 0 Å². The number of amides is 2. The van der Waals surface area contributed by atoms with E-state index >= 15 is 0 Å². The SMILES string of the molecule is COc1ccc(S(=O)(=O)c2cnc3ccc(C(=O)N(C)C)cc3c2N2CCCN(CC(=O)N(C)C)CC2)cc1. The second-order valence-corrected chi connectivity index (χ2v) is 11.9. The van der Waals surface area contributed by atoms with Crippen LogP contribution in [0.1, 0.15) is 16.8 Å². The molecule has 2 amide bonds. The molecule has 0 aliphatic carbocycles. The number of likely N-dealkylation sites (N-methyl/N-ethyl adjacent to an activating group) is 1. The molecule has 1 aliphatic rings. The van der Waals surface area contributed by atoms with Gasteiger partial charge in [-0.1, -0.05) is 0 Å². The van der Waals surface area contributed by atoms with Gasteiger partial charge in [-0.3, -0.25) is 19.5 Å². The molecule has 0 saturated carbocycles. The summed E-state index contributed by atoms with van der Waals surface area (Å²) in [6, 6.07) is 11.4. The van der Waals surface area contributed by atoms with Crippen molar-refractivity contribution in [1.82, 2.24) is 19.7 Å². The van der Waals surface area contributed by atoms with Crippen molar-refractivity contribution >= 4 is 38.2 Å². The topological polar surface area (TPSA) is 103 Å². The quantitative estimate of drug-likeness (QED) is 0.440. The number of aromatic nitrogens is 1. The molecule has 1 saturated heterocycles. The molecular formula is C28H35N5O5S. The van der Waals surface area contributed by atoms with Gasteiger partial charge in [-0.15, -0.1) is 0 Å². The van der Waals surface area contributed by atoms with Gasteiger partial charge in [-0.2, -0.15) is 0 Å². The van der Waals surface area contributed by atoms with Crippen LogP contribution in [0.15, 0.2) is 58.5 Å². The predicted molar refractivity (Wildman–Crippen MR) is 150 cm³/mol. The van der Waals surface area contributed by atoms with E-state index in [1.165, 1.54) is 30.3 Å². The number of carbonyl (C=O) groups is 2. The van der Waals surface area contributed by atoms with Crippen molar-refractivity contribution in [2.75, 3.05) is 72.9 Å². The smallest absolute Gasteiger partial charge is 0.253 e. The lowest BCUT2D eigenvalue weighted by Gasteiger charge is -2.27. The maximum atomic E-state index is 14.0. The average Bonchev–Trinajstić information content (AvgIpc) is 3.16. The van der Waals surface area contributed by atoms with Crippen LogP contribution in [-0.2, 0) is 14.6 Å². The van der Waals surface area contributed by atoms with Crippen LogP contribution >= 0.6 is 0 Å². The number of carbonyl (C=O) groups excluding carboxylic acids is 2. The number of hydrogen-bond donors (Lipinski definition) is 0. The van der Waals surface area contributed by atoms with Crippen LogP contribution in [0.25, 0.3) is 10.9 Å². The number of methoxy groups -OCH3 is 1. The largest absolute Gasteiger partial charge is 0.497 e. The number of anilines is 1. The van der Waals surface area contributed by atoms with Crippen molar-refractivity contribution in [3.63, 3.8) is 0 Å². The Morgan fingerprint density at radius 1 is 0.949 bits per heavy atom. The molecule has 0 spiro atoms. The van der Waals surface area contributed by atoms with Gasteiger partial charge in [0.1, 0.15) is 10.6 Å². The molecule has 0 radical (unpaired) electrons. The van der Waals surface area contributed by atoms with E-state index in [0.717, 1.165) is 6.42 Å². The van der Waals surface area contributed by atoms with Gasteiger partial charge in [0.05, 0.1) is 29.8 Å². The molecule has 3 aromatic rings. The van der Waals surface area contributed by atoms with Crippen LogP contribution in [0.3, 0.4) is 0 Å². The van der Waals surface area contributed by atoms with E-state index in [1.54, 1.807) is 63.4 Å². The molecular weight excluding hydrogens is 518 g/mol. The molecule has 0 unspecified atom stereocenters. The normalized spacial score (nSPS) is 14.6. The van der Waals surface area contributed by atoms with E-state index in [0.29, 0.717) is 60.6 Å². The highest BCUT2D eigenvalue weighted by Crippen LogP contribution is 2.37. The summed E-state index contributed by atoms with van der Waals surface area (Å²) < 4.78 is 33.2. The van der Waals surface area contributed by atoms with Crippen LogP contribution < -0.4 is 9.64 Å². The molecule has 11 heteroatoms. The Labute approximate surface area is 229 Å². The molecule has 0 atom stereocenters. The summed E-state index contributed by atoms with van der Waals surface area (Å²) in [5.74, 6) is 0.389. The molecule has 2 aromatic carbocycles. The number of ether oxygens (including phenoxy) is 1. The minimum atomic E-state index is -3.97. The minimum Gasteiger partial charge on any atom is -0.497 e. The number of rotatable bonds is 7. The number of pyridine rings is 1. The van der Waals surface area contributed by atoms with Gasteiger partial charge >= 0.3 is 0 Å². The Morgan fingerprint density at radius 3 is 2.31 bits per heavy atom. The van der Waals surface area contributed by atoms with Crippen molar-refractivity contribution in [3.05, 3.63) is 54.2 Å². The van der Waals surface area contributed by atoms with Gasteiger partial charge in [0.2, 0.25) is 15.7 Å². The van der Waals surface area contributed by atoms with E-state index in [9.17, 15) is 18.0 Å². The van der Waals surface area contributed by atoms with E-state index in [4.69, 9.17) is 4.74 Å². The van der Waals surface area contributed by atoms with E-state index in [2.05, 4.69) is 9.88 Å². The summed E-state index contributed by atoms with van der Waals surface area (Å²) >= 11 is 0. The second-order valence-electron chi connectivity index (χ2n) is 9.99. The summed E-state index contributed by atoms with van der Waals surface area (Å²) in [6.07, 6.45) is 2.14. The molecule has 1 aromatic heterocycles. The van der Waals surface area contributed by atoms with E-state index < -0.39 is 9.84 Å². The first-order valence-corrected chi connectivity index (χ1v) is 14.2. The first-order valence-electron chi connectivity index (χ1n) is 12.7. The first-order chi connectivity index (χ1) is 18.5. The summed E-state index contributed by atoms with van der Waals surface area (Å²) in [4.78, 5) is 37.0. The number of hydrogen-bond acceptors (Lipinski definition) is 8. The van der Waals surface area contributed by atoms with Gasteiger partial charge in [-0.05, 0) is 48.9 Å². The van der Waals surface area contributed by atoms with Gasteiger partial charge in [0.15, 0.2) is 0 Å². The minimum absolute atomic E-state index is 0.0208. The zero-order valence-corrected chi connectivity index (χ0v) is 23.9. The highest BCUT2D eigenvalue weighted by atomic mass is 32.2. The third-order valence-corrected chi connectivity index (χ3v) is 8.65. The number of sulfone groups is 1. The van der Waals surface area contributed by atoms with Crippen molar-refractivity contribution in [1.29, 1.82) is 0 Å². The first kappa shape index (κ1) is 28.3. The van der Waals surface area contributed by atoms with Crippen LogP contribution in [0.4, 0.5) is 5.69 Å². The van der Waals surface area contributed by atoms with Crippen molar-refractivity contribution in [3.8, 4) is 5.75 Å². The zero-order valence-electron chi connectivity index (χ0n) is 23.0. The number of nitrogens with zero attached hydrogens (tertiary/aromatic N) is 5. The van der Waals surface area contributed by atoms with Gasteiger partial charge in [0, 0.05) is 71.5 Å². The molecule has 0 N–H and O–H groups in total. The molecule has 2 heterocycles. The van der Waals surface area contributed by atoms with Gasteiger partial charge in [0.25, 0.3) is 5.91 Å². The van der Waals surface area contributed by atoms with E-state index in [-0.39, 0.29) is 21.6 Å². The maximum absolute atomic E-state index is 14.0. The summed E-state index contributed by atoms with van der Waals surface area (Å²) in [7, 11) is 4.37. The maximum Gasteiger partial charge on any atom is 0.253 e. The summed E-state index contributed by atoms with van der Waals surface area (Å²) in [5, 5.41) is 0.593. The number of fused-ring (bicyclic) bond motifs is 1. The van der Waals surface area contributed by atoms with Crippen LogP contribution in [0.5, 0.6) is 5.75 Å². The molecule has 39 heavy (non-hydrogen) atoms. The molecule has 208 valence electrons. The third kappa shape index (κ3) is 5.99. The molecule has 0 bridgehead atoms. The lowest BCUT2D eigenvalue weighted by Crippen LogP contribution is -2.38. The Balaban J connectivity index is 1.84. The lowest BCUT2D eigenvalue weighted by atomic mass is 10.1. The van der Waals surface area contributed by atoms with Gasteiger partial charge in [-0.25, -0.2) is 8.42 Å². The van der Waals surface area contributed by atoms with Crippen LogP contribution in [0.2, 0.25) is 0 Å². The molecule has 1 aliphatic heterocycles. The lowest BCUT2D eigenvalue weighted by molar-refractivity contribution is -0.129. The Morgan fingerprint density at radius 2 is 1.67 bits per heavy atom. The third-order valence-electron chi connectivity index (χ3n) is 6.88. The summed E-state index contributed by atoms with van der Waals surface area (Å²) in [6.45, 7) is 2.70. The predicted octanol–water partition coefficient (Wildman–Crippen LogP) is 2.38. The fourth-order valence-corrected chi connectivity index (χ4v) is 6.07. The highest BCUT2D eigenvalue weighted by Gasteiger charge is 2.29. The van der Waals surface area contributed by atoms with Crippen LogP contribution in [-0.4, -0.2) is 108 Å². The average molecular weight is 554 g/mol. The number of benzene rings is 2. The van der Waals surface area contributed by atoms with Gasteiger partial charge < -0.3 is 19.4 Å². The molecule has 10 nitrogen and oxygen atoms in total.